The third-order valence-electron chi connectivity index (χ3n) is 3.58. The Bertz CT molecular complexity index is 669. The van der Waals surface area contributed by atoms with E-state index in [0.29, 0.717) is 16.3 Å². The quantitative estimate of drug-likeness (QED) is 0.816. The molecule has 0 atom stereocenters. The van der Waals surface area contributed by atoms with Gasteiger partial charge in [0.15, 0.2) is 0 Å². The normalized spacial score (nSPS) is 13.9. The van der Waals surface area contributed by atoms with Crippen molar-refractivity contribution in [2.45, 2.75) is 12.8 Å². The van der Waals surface area contributed by atoms with E-state index >= 15 is 0 Å². The van der Waals surface area contributed by atoms with Crippen LogP contribution in [0.1, 0.15) is 22.3 Å². The molecule has 1 heterocycles. The summed E-state index contributed by atoms with van der Waals surface area (Å²) in [7, 11) is 0. The zero-order valence-corrected chi connectivity index (χ0v) is 11.7. The predicted molar refractivity (Wildman–Crippen MR) is 82.3 cm³/mol. The number of halogens is 1. The van der Waals surface area contributed by atoms with Crippen LogP contribution in [-0.2, 0) is 6.42 Å². The highest BCUT2D eigenvalue weighted by Crippen LogP contribution is 2.30. The van der Waals surface area contributed by atoms with Crippen LogP contribution in [0.4, 0.5) is 11.4 Å². The maximum atomic E-state index is 12.7. The summed E-state index contributed by atoms with van der Waals surface area (Å²) in [6.45, 7) is 0.719. The van der Waals surface area contributed by atoms with Crippen LogP contribution in [0.25, 0.3) is 0 Å². The second-order valence-corrected chi connectivity index (χ2v) is 5.34. The first-order valence-electron chi connectivity index (χ1n) is 6.61. The summed E-state index contributed by atoms with van der Waals surface area (Å²) in [6.07, 6.45) is 1.98. The van der Waals surface area contributed by atoms with Gasteiger partial charge in [0, 0.05) is 17.9 Å². The summed E-state index contributed by atoms with van der Waals surface area (Å²) in [4.78, 5) is 14.5. The second kappa shape index (κ2) is 5.17. The zero-order valence-electron chi connectivity index (χ0n) is 11.0. The van der Waals surface area contributed by atoms with Crippen molar-refractivity contribution in [2.75, 3.05) is 17.2 Å². The van der Waals surface area contributed by atoms with E-state index in [2.05, 4.69) is 6.07 Å². The minimum atomic E-state index is -0.0675. The van der Waals surface area contributed by atoms with Gasteiger partial charge in [-0.3, -0.25) is 4.79 Å². The highest BCUT2D eigenvalue weighted by atomic mass is 35.5. The molecule has 4 heteroatoms. The topological polar surface area (TPSA) is 46.3 Å². The van der Waals surface area contributed by atoms with E-state index in [1.165, 1.54) is 5.56 Å². The summed E-state index contributed by atoms with van der Waals surface area (Å²) in [5.41, 5.74) is 8.92. The van der Waals surface area contributed by atoms with E-state index in [9.17, 15) is 4.79 Å². The molecule has 0 aliphatic carbocycles. The molecule has 3 rings (SSSR count). The SMILES string of the molecule is Nc1ccc(C(=O)N2CCCc3ccccc32)c(Cl)c1. The number of aryl methyl sites for hydroxylation is 1. The fourth-order valence-corrected chi connectivity index (χ4v) is 2.86. The van der Waals surface area contributed by atoms with E-state index in [1.807, 2.05) is 18.2 Å². The van der Waals surface area contributed by atoms with E-state index in [4.69, 9.17) is 17.3 Å². The largest absolute Gasteiger partial charge is 0.399 e. The Hall–Kier alpha value is -2.00. The number of carbonyl (C=O) groups is 1. The second-order valence-electron chi connectivity index (χ2n) is 4.93. The van der Waals surface area contributed by atoms with Crippen molar-refractivity contribution in [3.63, 3.8) is 0 Å². The minimum Gasteiger partial charge on any atom is -0.399 e. The van der Waals surface area contributed by atoms with Crippen molar-refractivity contribution in [1.82, 2.24) is 0 Å². The van der Waals surface area contributed by atoms with Gasteiger partial charge in [-0.2, -0.15) is 0 Å². The molecule has 0 saturated heterocycles. The summed E-state index contributed by atoms with van der Waals surface area (Å²) >= 11 is 6.14. The molecule has 1 aliphatic heterocycles. The number of amides is 1. The number of nitrogens with zero attached hydrogens (tertiary/aromatic N) is 1. The van der Waals surface area contributed by atoms with E-state index in [1.54, 1.807) is 23.1 Å². The van der Waals surface area contributed by atoms with Gasteiger partial charge in [0.1, 0.15) is 0 Å². The van der Waals surface area contributed by atoms with Crippen LogP contribution in [0, 0.1) is 0 Å². The molecule has 0 fully saturated rings. The summed E-state index contributed by atoms with van der Waals surface area (Å²) in [5.74, 6) is -0.0675. The molecule has 0 radical (unpaired) electrons. The number of carbonyl (C=O) groups excluding carboxylic acids is 1. The molecule has 2 N–H and O–H groups in total. The van der Waals surface area contributed by atoms with Crippen molar-refractivity contribution in [3.05, 3.63) is 58.6 Å². The van der Waals surface area contributed by atoms with Gasteiger partial charge < -0.3 is 10.6 Å². The zero-order chi connectivity index (χ0) is 14.1. The third kappa shape index (κ3) is 2.25. The molecule has 1 aliphatic rings. The number of nitrogen functional groups attached to an aromatic ring is 1. The highest BCUT2D eigenvalue weighted by molar-refractivity contribution is 6.34. The van der Waals surface area contributed by atoms with E-state index < -0.39 is 0 Å². The average molecular weight is 287 g/mol. The Morgan fingerprint density at radius 2 is 2.00 bits per heavy atom. The Kier molecular flexibility index (Phi) is 3.36. The van der Waals surface area contributed by atoms with Gasteiger partial charge in [-0.05, 0) is 42.7 Å². The molecule has 0 bridgehead atoms. The molecule has 0 aromatic heterocycles. The number of benzene rings is 2. The van der Waals surface area contributed by atoms with Crippen molar-refractivity contribution in [3.8, 4) is 0 Å². The van der Waals surface area contributed by atoms with Crippen molar-refractivity contribution in [2.24, 2.45) is 0 Å². The minimum absolute atomic E-state index is 0.0675. The smallest absolute Gasteiger partial charge is 0.259 e. The average Bonchev–Trinajstić information content (AvgIpc) is 2.46. The molecular weight excluding hydrogens is 272 g/mol. The van der Waals surface area contributed by atoms with Crippen molar-refractivity contribution >= 4 is 28.9 Å². The number of para-hydroxylation sites is 1. The maximum absolute atomic E-state index is 12.7. The van der Waals surface area contributed by atoms with Gasteiger partial charge in [0.2, 0.25) is 0 Å². The summed E-state index contributed by atoms with van der Waals surface area (Å²) in [6, 6.07) is 13.0. The Balaban J connectivity index is 2.00. The number of fused-ring (bicyclic) bond motifs is 1. The number of anilines is 2. The molecule has 20 heavy (non-hydrogen) atoms. The Morgan fingerprint density at radius 3 is 2.80 bits per heavy atom. The van der Waals surface area contributed by atoms with Gasteiger partial charge in [-0.25, -0.2) is 0 Å². The fraction of sp³-hybridized carbons (Fsp3) is 0.188. The van der Waals surface area contributed by atoms with Crippen LogP contribution >= 0.6 is 11.6 Å². The van der Waals surface area contributed by atoms with Gasteiger partial charge >= 0.3 is 0 Å². The van der Waals surface area contributed by atoms with Crippen molar-refractivity contribution in [1.29, 1.82) is 0 Å². The lowest BCUT2D eigenvalue weighted by Crippen LogP contribution is -2.35. The number of rotatable bonds is 1. The van der Waals surface area contributed by atoms with Crippen LogP contribution in [0.3, 0.4) is 0 Å². The lowest BCUT2D eigenvalue weighted by atomic mass is 10.0. The van der Waals surface area contributed by atoms with Crippen LogP contribution in [0.5, 0.6) is 0 Å². The van der Waals surface area contributed by atoms with Crippen LogP contribution < -0.4 is 10.6 Å². The fourth-order valence-electron chi connectivity index (χ4n) is 2.59. The van der Waals surface area contributed by atoms with Crippen LogP contribution in [-0.4, -0.2) is 12.5 Å². The molecule has 102 valence electrons. The molecule has 3 nitrogen and oxygen atoms in total. The predicted octanol–water partition coefficient (Wildman–Crippen LogP) is 3.52. The maximum Gasteiger partial charge on any atom is 0.259 e. The molecule has 0 spiro atoms. The molecule has 2 aromatic rings. The Morgan fingerprint density at radius 1 is 1.20 bits per heavy atom. The molecule has 1 amide bonds. The van der Waals surface area contributed by atoms with E-state index in [-0.39, 0.29) is 5.91 Å². The number of nitrogens with two attached hydrogens (primary N) is 1. The number of hydrogen-bond donors (Lipinski definition) is 1. The first-order chi connectivity index (χ1) is 9.66. The lowest BCUT2D eigenvalue weighted by molar-refractivity contribution is 0.0985. The summed E-state index contributed by atoms with van der Waals surface area (Å²) in [5, 5.41) is 0.401. The molecule has 0 unspecified atom stereocenters. The third-order valence-corrected chi connectivity index (χ3v) is 3.89. The van der Waals surface area contributed by atoms with Gasteiger partial charge in [-0.15, -0.1) is 0 Å². The molecular formula is C16H15ClN2O. The summed E-state index contributed by atoms with van der Waals surface area (Å²) < 4.78 is 0. The lowest BCUT2D eigenvalue weighted by Gasteiger charge is -2.29. The van der Waals surface area contributed by atoms with Gasteiger partial charge in [-0.1, -0.05) is 29.8 Å². The highest BCUT2D eigenvalue weighted by Gasteiger charge is 2.24. The van der Waals surface area contributed by atoms with Gasteiger partial charge in [0.05, 0.1) is 10.6 Å². The van der Waals surface area contributed by atoms with Crippen LogP contribution in [0.15, 0.2) is 42.5 Å². The standard InChI is InChI=1S/C16H15ClN2O/c17-14-10-12(18)7-8-13(14)16(20)19-9-3-5-11-4-1-2-6-15(11)19/h1-2,4,6-8,10H,3,5,9,18H2. The van der Waals surface area contributed by atoms with Crippen LogP contribution in [0.2, 0.25) is 5.02 Å². The Labute approximate surface area is 123 Å². The first kappa shape index (κ1) is 13.0. The molecule has 0 saturated carbocycles. The monoisotopic (exact) mass is 286 g/mol. The number of hydrogen-bond acceptors (Lipinski definition) is 2. The molecule has 2 aromatic carbocycles. The van der Waals surface area contributed by atoms with E-state index in [0.717, 1.165) is 25.1 Å². The first-order valence-corrected chi connectivity index (χ1v) is 6.99. The van der Waals surface area contributed by atoms with Crippen molar-refractivity contribution < 1.29 is 4.79 Å². The van der Waals surface area contributed by atoms with Gasteiger partial charge in [0.25, 0.3) is 5.91 Å².